The molecule has 0 saturated heterocycles. The Bertz CT molecular complexity index is 1150. The van der Waals surface area contributed by atoms with Gasteiger partial charge in [-0.05, 0) is 42.7 Å². The summed E-state index contributed by atoms with van der Waals surface area (Å²) >= 11 is 6.36. The fourth-order valence-corrected chi connectivity index (χ4v) is 4.42. The molecule has 172 valence electrons. The number of halogens is 1. The molecule has 1 saturated carbocycles. The van der Waals surface area contributed by atoms with E-state index in [0.717, 1.165) is 31.2 Å². The number of benzene rings is 2. The quantitative estimate of drug-likeness (QED) is 0.448. The Hall–Kier alpha value is -3.16. The van der Waals surface area contributed by atoms with Crippen LogP contribution in [-0.2, 0) is 6.54 Å². The van der Waals surface area contributed by atoms with Crippen LogP contribution in [0.3, 0.4) is 0 Å². The lowest BCUT2D eigenvalue weighted by Crippen LogP contribution is -2.41. The van der Waals surface area contributed by atoms with Crippen LogP contribution in [0.15, 0.2) is 65.6 Å². The molecule has 0 bridgehead atoms. The first-order valence-corrected chi connectivity index (χ1v) is 11.5. The average molecular weight is 467 g/mol. The molecule has 1 atom stereocenters. The summed E-state index contributed by atoms with van der Waals surface area (Å²) in [6.45, 7) is 0.435. The zero-order chi connectivity index (χ0) is 23.2. The molecular formula is C25H27ClN4O3. The molecule has 0 aliphatic heterocycles. The molecule has 1 fully saturated rings. The molecule has 2 aromatic carbocycles. The monoisotopic (exact) mass is 466 g/mol. The molecule has 0 spiro atoms. The molecule has 1 heterocycles. The Balaban J connectivity index is 1.63. The Morgan fingerprint density at radius 1 is 1.15 bits per heavy atom. The molecule has 4 rings (SSSR count). The molecule has 3 aromatic rings. The van der Waals surface area contributed by atoms with Gasteiger partial charge < -0.3 is 20.3 Å². The Kier molecular flexibility index (Phi) is 7.42. The van der Waals surface area contributed by atoms with Gasteiger partial charge in [-0.15, -0.1) is 0 Å². The lowest BCUT2D eigenvalue weighted by molar-refractivity contribution is 0.0463. The van der Waals surface area contributed by atoms with Gasteiger partial charge in [0.15, 0.2) is 0 Å². The minimum atomic E-state index is -0.910. The first-order valence-electron chi connectivity index (χ1n) is 11.2. The van der Waals surface area contributed by atoms with Gasteiger partial charge in [-0.1, -0.05) is 61.2 Å². The van der Waals surface area contributed by atoms with Crippen LogP contribution < -0.4 is 15.9 Å². The SMILES string of the molecule is O=C(NC(O)C1CCCCC1)c1cc(N(Cc2ccccc2)c2cc[nH]c(=O)n2)ccc1Cl. The number of amides is 1. The molecule has 1 unspecified atom stereocenters. The molecule has 1 aliphatic carbocycles. The number of nitrogens with one attached hydrogen (secondary N) is 2. The van der Waals surface area contributed by atoms with E-state index in [1.54, 1.807) is 24.3 Å². The number of aliphatic hydroxyl groups excluding tert-OH is 1. The molecule has 0 radical (unpaired) electrons. The van der Waals surface area contributed by atoms with Crippen LogP contribution in [0.2, 0.25) is 5.02 Å². The van der Waals surface area contributed by atoms with Gasteiger partial charge in [0, 0.05) is 24.3 Å². The number of nitrogens with zero attached hydrogens (tertiary/aromatic N) is 2. The zero-order valence-electron chi connectivity index (χ0n) is 18.2. The Labute approximate surface area is 197 Å². The second-order valence-corrected chi connectivity index (χ2v) is 8.71. The van der Waals surface area contributed by atoms with Gasteiger partial charge in [0.2, 0.25) is 0 Å². The van der Waals surface area contributed by atoms with E-state index in [1.165, 1.54) is 12.6 Å². The third kappa shape index (κ3) is 5.80. The predicted molar refractivity (Wildman–Crippen MR) is 129 cm³/mol. The van der Waals surface area contributed by atoms with E-state index in [-0.39, 0.29) is 16.5 Å². The predicted octanol–water partition coefficient (Wildman–Crippen LogP) is 4.39. The smallest absolute Gasteiger partial charge is 0.346 e. The van der Waals surface area contributed by atoms with Crippen LogP contribution in [0.1, 0.15) is 48.0 Å². The molecule has 3 N–H and O–H groups in total. The van der Waals surface area contributed by atoms with Crippen molar-refractivity contribution in [3.05, 3.63) is 87.4 Å². The third-order valence-corrected chi connectivity index (χ3v) is 6.33. The van der Waals surface area contributed by atoms with E-state index in [9.17, 15) is 14.7 Å². The number of aromatic amines is 1. The summed E-state index contributed by atoms with van der Waals surface area (Å²) in [4.78, 5) is 33.3. The number of hydrogen-bond acceptors (Lipinski definition) is 5. The molecule has 8 heteroatoms. The number of aromatic nitrogens is 2. The van der Waals surface area contributed by atoms with Crippen molar-refractivity contribution in [3.8, 4) is 0 Å². The molecule has 1 amide bonds. The Morgan fingerprint density at radius 2 is 1.91 bits per heavy atom. The number of carbonyl (C=O) groups excluding carboxylic acids is 1. The molecule has 1 aliphatic rings. The largest absolute Gasteiger partial charge is 0.373 e. The number of aliphatic hydroxyl groups is 1. The maximum absolute atomic E-state index is 13.0. The first-order chi connectivity index (χ1) is 16.0. The van der Waals surface area contributed by atoms with E-state index < -0.39 is 17.8 Å². The molecule has 7 nitrogen and oxygen atoms in total. The number of hydrogen-bond donors (Lipinski definition) is 3. The lowest BCUT2D eigenvalue weighted by Gasteiger charge is -2.27. The third-order valence-electron chi connectivity index (χ3n) is 6.00. The molecule has 1 aromatic heterocycles. The molecular weight excluding hydrogens is 440 g/mol. The van der Waals surface area contributed by atoms with Crippen molar-refractivity contribution in [1.82, 2.24) is 15.3 Å². The maximum atomic E-state index is 13.0. The topological polar surface area (TPSA) is 98.3 Å². The van der Waals surface area contributed by atoms with Crippen molar-refractivity contribution in [3.63, 3.8) is 0 Å². The number of rotatable bonds is 7. The lowest BCUT2D eigenvalue weighted by atomic mass is 9.88. The van der Waals surface area contributed by atoms with Crippen LogP contribution in [0.5, 0.6) is 0 Å². The van der Waals surface area contributed by atoms with E-state index in [2.05, 4.69) is 15.3 Å². The highest BCUT2D eigenvalue weighted by Gasteiger charge is 2.25. The van der Waals surface area contributed by atoms with Crippen molar-refractivity contribution in [2.24, 2.45) is 5.92 Å². The number of anilines is 2. The highest BCUT2D eigenvalue weighted by atomic mass is 35.5. The standard InChI is InChI=1S/C25H27ClN4O3/c26-21-12-11-19(15-20(21)24(32)29-23(31)18-9-5-2-6-10-18)30(16-17-7-3-1-4-8-17)22-13-14-27-25(33)28-22/h1,3-4,7-8,11-15,18,23,31H,2,5-6,9-10,16H2,(H,29,32)(H,27,28,33). The highest BCUT2D eigenvalue weighted by molar-refractivity contribution is 6.34. The second kappa shape index (κ2) is 10.6. The van der Waals surface area contributed by atoms with Crippen LogP contribution in [0.25, 0.3) is 0 Å². The first kappa shape index (κ1) is 23.0. The number of H-pyrrole nitrogens is 1. The van der Waals surface area contributed by atoms with Gasteiger partial charge in [0.1, 0.15) is 12.0 Å². The summed E-state index contributed by atoms with van der Waals surface area (Å²) in [5, 5.41) is 13.5. The van der Waals surface area contributed by atoms with Crippen molar-refractivity contribution in [2.75, 3.05) is 4.90 Å². The van der Waals surface area contributed by atoms with Crippen LogP contribution in [0.4, 0.5) is 11.5 Å². The summed E-state index contributed by atoms with van der Waals surface area (Å²) in [7, 11) is 0. The van der Waals surface area contributed by atoms with Gasteiger partial charge in [-0.25, -0.2) is 4.79 Å². The normalized spacial score (nSPS) is 15.1. The summed E-state index contributed by atoms with van der Waals surface area (Å²) in [5.74, 6) is 0.0662. The summed E-state index contributed by atoms with van der Waals surface area (Å²) in [6.07, 6.45) is 5.71. The van der Waals surface area contributed by atoms with Crippen molar-refractivity contribution in [2.45, 2.75) is 44.9 Å². The zero-order valence-corrected chi connectivity index (χ0v) is 19.0. The Morgan fingerprint density at radius 3 is 2.64 bits per heavy atom. The van der Waals surface area contributed by atoms with Crippen LogP contribution >= 0.6 is 11.6 Å². The van der Waals surface area contributed by atoms with Gasteiger partial charge in [0.05, 0.1) is 10.6 Å². The van der Waals surface area contributed by atoms with Gasteiger partial charge in [-0.3, -0.25) is 4.79 Å². The highest BCUT2D eigenvalue weighted by Crippen LogP contribution is 2.30. The van der Waals surface area contributed by atoms with Crippen LogP contribution in [0, 0.1) is 5.92 Å². The van der Waals surface area contributed by atoms with E-state index in [4.69, 9.17) is 11.6 Å². The van der Waals surface area contributed by atoms with Gasteiger partial charge in [-0.2, -0.15) is 4.98 Å². The minimum Gasteiger partial charge on any atom is -0.373 e. The van der Waals surface area contributed by atoms with E-state index >= 15 is 0 Å². The number of carbonyl (C=O) groups is 1. The van der Waals surface area contributed by atoms with Crippen molar-refractivity contribution >= 4 is 29.0 Å². The fraction of sp³-hybridized carbons (Fsp3) is 0.320. The van der Waals surface area contributed by atoms with E-state index in [0.29, 0.717) is 18.1 Å². The van der Waals surface area contributed by atoms with Crippen molar-refractivity contribution in [1.29, 1.82) is 0 Å². The van der Waals surface area contributed by atoms with Gasteiger partial charge in [0.25, 0.3) is 5.91 Å². The summed E-state index contributed by atoms with van der Waals surface area (Å²) < 4.78 is 0. The maximum Gasteiger partial charge on any atom is 0.346 e. The summed E-state index contributed by atoms with van der Waals surface area (Å²) in [6, 6.07) is 16.5. The van der Waals surface area contributed by atoms with Crippen LogP contribution in [-0.4, -0.2) is 27.2 Å². The average Bonchev–Trinajstić information content (AvgIpc) is 2.84. The van der Waals surface area contributed by atoms with Gasteiger partial charge >= 0.3 is 5.69 Å². The second-order valence-electron chi connectivity index (χ2n) is 8.31. The summed E-state index contributed by atoms with van der Waals surface area (Å²) in [5.41, 5.74) is 1.45. The fourth-order valence-electron chi connectivity index (χ4n) is 4.22. The molecule has 33 heavy (non-hydrogen) atoms. The minimum absolute atomic E-state index is 0.0551. The van der Waals surface area contributed by atoms with E-state index in [1.807, 2.05) is 35.2 Å². The van der Waals surface area contributed by atoms with Crippen molar-refractivity contribution < 1.29 is 9.90 Å².